The van der Waals surface area contributed by atoms with Crippen molar-refractivity contribution in [3.8, 4) is 17.5 Å². The molecule has 0 unspecified atom stereocenters. The molecule has 0 saturated heterocycles. The summed E-state index contributed by atoms with van der Waals surface area (Å²) >= 11 is 0. The zero-order valence-corrected chi connectivity index (χ0v) is 8.08. The van der Waals surface area contributed by atoms with Gasteiger partial charge in [-0.05, 0) is 24.3 Å². The van der Waals surface area contributed by atoms with Gasteiger partial charge < -0.3 is 4.74 Å². The number of aromatic nitrogens is 3. The smallest absolute Gasteiger partial charge is 0.183 e. The van der Waals surface area contributed by atoms with Crippen LogP contribution in [0.1, 0.15) is 5.69 Å². The highest BCUT2D eigenvalue weighted by Gasteiger charge is 2.01. The van der Waals surface area contributed by atoms with Crippen molar-refractivity contribution < 1.29 is 4.74 Å². The summed E-state index contributed by atoms with van der Waals surface area (Å²) in [6.07, 6.45) is 1.42. The van der Waals surface area contributed by atoms with E-state index in [0.29, 0.717) is 5.69 Å². The minimum atomic E-state index is 0.297. The number of hydrogen-bond donors (Lipinski definition) is 0. The normalized spacial score (nSPS) is 9.60. The molecule has 5 nitrogen and oxygen atoms in total. The highest BCUT2D eigenvalue weighted by atomic mass is 16.5. The lowest BCUT2D eigenvalue weighted by Gasteiger charge is -2.01. The van der Waals surface area contributed by atoms with E-state index < -0.39 is 0 Å². The molecular formula is C10H8N4O. The Kier molecular flexibility index (Phi) is 2.33. The molecule has 0 aliphatic heterocycles. The van der Waals surface area contributed by atoms with E-state index in [4.69, 9.17) is 10.00 Å². The van der Waals surface area contributed by atoms with E-state index in [0.717, 1.165) is 11.4 Å². The molecular weight excluding hydrogens is 192 g/mol. The van der Waals surface area contributed by atoms with Crippen molar-refractivity contribution in [3.05, 3.63) is 36.2 Å². The first-order valence-corrected chi connectivity index (χ1v) is 4.30. The summed E-state index contributed by atoms with van der Waals surface area (Å²) < 4.78 is 5.03. The first-order valence-electron chi connectivity index (χ1n) is 4.30. The van der Waals surface area contributed by atoms with Crippen LogP contribution in [0.15, 0.2) is 30.5 Å². The zero-order chi connectivity index (χ0) is 10.7. The summed E-state index contributed by atoms with van der Waals surface area (Å²) in [6.45, 7) is 0. The number of nitrogens with zero attached hydrogens (tertiary/aromatic N) is 4. The van der Waals surface area contributed by atoms with Crippen molar-refractivity contribution in [1.82, 2.24) is 15.0 Å². The maximum absolute atomic E-state index is 8.59. The van der Waals surface area contributed by atoms with Crippen LogP contribution < -0.4 is 4.74 Å². The van der Waals surface area contributed by atoms with Gasteiger partial charge in [0.15, 0.2) is 5.69 Å². The average molecular weight is 200 g/mol. The molecule has 74 valence electrons. The van der Waals surface area contributed by atoms with Crippen LogP contribution in [0.2, 0.25) is 0 Å². The van der Waals surface area contributed by atoms with E-state index in [-0.39, 0.29) is 0 Å². The number of methoxy groups -OCH3 is 1. The molecule has 0 fully saturated rings. The first-order chi connectivity index (χ1) is 7.33. The van der Waals surface area contributed by atoms with Crippen LogP contribution in [0, 0.1) is 11.3 Å². The van der Waals surface area contributed by atoms with Crippen LogP contribution in [-0.2, 0) is 0 Å². The maximum atomic E-state index is 8.59. The van der Waals surface area contributed by atoms with Gasteiger partial charge in [0.2, 0.25) is 0 Å². The van der Waals surface area contributed by atoms with E-state index in [1.807, 2.05) is 30.3 Å². The fourth-order valence-electron chi connectivity index (χ4n) is 1.15. The number of nitriles is 1. The summed E-state index contributed by atoms with van der Waals surface area (Å²) in [5.74, 6) is 0.770. The Balaban J connectivity index is 2.33. The fourth-order valence-corrected chi connectivity index (χ4v) is 1.15. The SMILES string of the molecule is COc1ccc(-n2ncc(C#N)n2)cc1. The van der Waals surface area contributed by atoms with Gasteiger partial charge in [-0.1, -0.05) is 0 Å². The molecule has 0 amide bonds. The summed E-state index contributed by atoms with van der Waals surface area (Å²) in [5.41, 5.74) is 1.09. The van der Waals surface area contributed by atoms with Crippen molar-refractivity contribution in [2.45, 2.75) is 0 Å². The van der Waals surface area contributed by atoms with Gasteiger partial charge in [-0.15, -0.1) is 5.10 Å². The van der Waals surface area contributed by atoms with Gasteiger partial charge in [0.1, 0.15) is 11.8 Å². The second kappa shape index (κ2) is 3.80. The van der Waals surface area contributed by atoms with Crippen LogP contribution in [0.5, 0.6) is 5.75 Å². The number of rotatable bonds is 2. The lowest BCUT2D eigenvalue weighted by atomic mass is 10.3. The highest BCUT2D eigenvalue weighted by molar-refractivity contribution is 5.36. The summed E-state index contributed by atoms with van der Waals surface area (Å²) in [7, 11) is 1.61. The molecule has 1 aromatic carbocycles. The second-order valence-corrected chi connectivity index (χ2v) is 2.83. The highest BCUT2D eigenvalue weighted by Crippen LogP contribution is 2.13. The molecule has 0 atom stereocenters. The summed E-state index contributed by atoms with van der Waals surface area (Å²) in [6, 6.07) is 9.18. The van der Waals surface area contributed by atoms with Crippen molar-refractivity contribution in [2.24, 2.45) is 0 Å². The van der Waals surface area contributed by atoms with Crippen molar-refractivity contribution in [1.29, 1.82) is 5.26 Å². The van der Waals surface area contributed by atoms with Crippen LogP contribution in [-0.4, -0.2) is 22.1 Å². The molecule has 0 N–H and O–H groups in total. The van der Waals surface area contributed by atoms with Gasteiger partial charge in [0.25, 0.3) is 0 Å². The van der Waals surface area contributed by atoms with E-state index in [1.54, 1.807) is 7.11 Å². The van der Waals surface area contributed by atoms with Crippen LogP contribution in [0.25, 0.3) is 5.69 Å². The largest absolute Gasteiger partial charge is 0.497 e. The lowest BCUT2D eigenvalue weighted by molar-refractivity contribution is 0.414. The third kappa shape index (κ3) is 1.79. The predicted molar refractivity (Wildman–Crippen MR) is 52.6 cm³/mol. The average Bonchev–Trinajstić information content (AvgIpc) is 2.78. The third-order valence-electron chi connectivity index (χ3n) is 1.91. The Morgan fingerprint density at radius 3 is 2.60 bits per heavy atom. The van der Waals surface area contributed by atoms with E-state index >= 15 is 0 Å². The molecule has 0 saturated carbocycles. The molecule has 1 heterocycles. The molecule has 0 spiro atoms. The summed E-state index contributed by atoms with van der Waals surface area (Å²) in [4.78, 5) is 1.40. The Morgan fingerprint density at radius 2 is 2.07 bits per heavy atom. The van der Waals surface area contributed by atoms with Gasteiger partial charge in [-0.3, -0.25) is 0 Å². The van der Waals surface area contributed by atoms with Gasteiger partial charge in [0.05, 0.1) is 19.0 Å². The minimum Gasteiger partial charge on any atom is -0.497 e. The Labute approximate surface area is 86.5 Å². The van der Waals surface area contributed by atoms with Crippen LogP contribution >= 0.6 is 0 Å². The third-order valence-corrected chi connectivity index (χ3v) is 1.91. The van der Waals surface area contributed by atoms with Gasteiger partial charge in [-0.2, -0.15) is 15.2 Å². The Morgan fingerprint density at radius 1 is 1.33 bits per heavy atom. The topological polar surface area (TPSA) is 63.7 Å². The predicted octanol–water partition coefficient (Wildman–Crippen LogP) is 1.15. The fraction of sp³-hybridized carbons (Fsp3) is 0.100. The van der Waals surface area contributed by atoms with Crippen LogP contribution in [0.4, 0.5) is 0 Å². The minimum absolute atomic E-state index is 0.297. The van der Waals surface area contributed by atoms with E-state index in [2.05, 4.69) is 10.2 Å². The van der Waals surface area contributed by atoms with Gasteiger partial charge in [-0.25, -0.2) is 0 Å². The lowest BCUT2D eigenvalue weighted by Crippen LogP contribution is -1.98. The molecule has 5 heteroatoms. The van der Waals surface area contributed by atoms with Crippen molar-refractivity contribution in [3.63, 3.8) is 0 Å². The van der Waals surface area contributed by atoms with Gasteiger partial charge in [0, 0.05) is 0 Å². The van der Waals surface area contributed by atoms with E-state index in [1.165, 1.54) is 11.0 Å². The Hall–Kier alpha value is -2.35. The number of ether oxygens (including phenoxy) is 1. The number of hydrogen-bond acceptors (Lipinski definition) is 4. The maximum Gasteiger partial charge on any atom is 0.183 e. The quantitative estimate of drug-likeness (QED) is 0.729. The van der Waals surface area contributed by atoms with Crippen molar-refractivity contribution >= 4 is 0 Å². The molecule has 1 aromatic heterocycles. The molecule has 15 heavy (non-hydrogen) atoms. The molecule has 0 radical (unpaired) electrons. The van der Waals surface area contributed by atoms with Crippen LogP contribution in [0.3, 0.4) is 0 Å². The second-order valence-electron chi connectivity index (χ2n) is 2.83. The number of benzene rings is 1. The molecule has 2 aromatic rings. The zero-order valence-electron chi connectivity index (χ0n) is 8.08. The first kappa shape index (κ1) is 9.21. The van der Waals surface area contributed by atoms with Crippen molar-refractivity contribution in [2.75, 3.05) is 7.11 Å². The van der Waals surface area contributed by atoms with Gasteiger partial charge >= 0.3 is 0 Å². The molecule has 0 aliphatic carbocycles. The van der Waals surface area contributed by atoms with E-state index in [9.17, 15) is 0 Å². The summed E-state index contributed by atoms with van der Waals surface area (Å²) in [5, 5.41) is 16.5. The standard InChI is InChI=1S/C10H8N4O/c1-15-10-4-2-9(3-5-10)14-12-7-8(6-11)13-14/h2-5,7H,1H3. The molecule has 0 aliphatic rings. The Bertz CT molecular complexity index is 495. The molecule has 0 bridgehead atoms. The molecule has 2 rings (SSSR count). The monoisotopic (exact) mass is 200 g/mol.